The van der Waals surface area contributed by atoms with Gasteiger partial charge in [-0.05, 0) is 75.2 Å². The molecule has 1 aromatic heterocycles. The number of halogens is 1. The van der Waals surface area contributed by atoms with Gasteiger partial charge in [-0.15, -0.1) is 0 Å². The lowest BCUT2D eigenvalue weighted by atomic mass is 10.0. The SMILES string of the molecule is CCN1C(=O)/C(=C/c2cc(C)n(-c3ccc(Br)c(C)c3)c2C)c2ccccc21. The van der Waals surface area contributed by atoms with Gasteiger partial charge in [0, 0.05) is 39.2 Å². The molecule has 1 amide bonds. The second-order valence-corrected chi connectivity index (χ2v) is 8.07. The molecule has 0 saturated carbocycles. The van der Waals surface area contributed by atoms with Gasteiger partial charge in [-0.2, -0.15) is 0 Å². The fourth-order valence-corrected chi connectivity index (χ4v) is 4.26. The molecule has 3 nitrogen and oxygen atoms in total. The first-order valence-electron chi connectivity index (χ1n) is 9.50. The predicted molar refractivity (Wildman–Crippen MR) is 120 cm³/mol. The minimum Gasteiger partial charge on any atom is -0.318 e. The van der Waals surface area contributed by atoms with Crippen LogP contribution in [0.5, 0.6) is 0 Å². The molecule has 1 aliphatic rings. The molecule has 2 heterocycles. The van der Waals surface area contributed by atoms with E-state index < -0.39 is 0 Å². The summed E-state index contributed by atoms with van der Waals surface area (Å²) in [6.07, 6.45) is 2.04. The Bertz CT molecular complexity index is 1120. The fourth-order valence-electron chi connectivity index (χ4n) is 4.01. The number of carbonyl (C=O) groups excluding carboxylic acids is 1. The van der Waals surface area contributed by atoms with E-state index in [0.29, 0.717) is 6.54 Å². The molecule has 28 heavy (non-hydrogen) atoms. The van der Waals surface area contributed by atoms with Crippen molar-refractivity contribution in [1.82, 2.24) is 4.57 Å². The van der Waals surface area contributed by atoms with Crippen molar-refractivity contribution in [2.24, 2.45) is 0 Å². The molecule has 0 saturated heterocycles. The van der Waals surface area contributed by atoms with Crippen molar-refractivity contribution in [3.05, 3.63) is 81.1 Å². The van der Waals surface area contributed by atoms with E-state index in [1.165, 1.54) is 5.56 Å². The number of para-hydroxylation sites is 1. The van der Waals surface area contributed by atoms with Crippen LogP contribution in [0, 0.1) is 20.8 Å². The van der Waals surface area contributed by atoms with E-state index in [1.807, 2.05) is 42.2 Å². The van der Waals surface area contributed by atoms with E-state index in [0.717, 1.165) is 43.9 Å². The maximum Gasteiger partial charge on any atom is 0.258 e. The Labute approximate surface area is 174 Å². The lowest BCUT2D eigenvalue weighted by Gasteiger charge is -2.13. The van der Waals surface area contributed by atoms with Gasteiger partial charge < -0.3 is 9.47 Å². The standard InChI is InChI=1S/C24H23BrN2O/c1-5-26-23-9-7-6-8-20(23)21(24(26)28)14-18-13-16(3)27(17(18)4)19-10-11-22(25)15(2)12-19/h6-14H,5H2,1-4H3/b21-14+. The normalized spacial score (nSPS) is 14.8. The molecular weight excluding hydrogens is 412 g/mol. The molecule has 0 atom stereocenters. The Balaban J connectivity index is 1.84. The molecule has 0 unspecified atom stereocenters. The molecule has 1 aliphatic heterocycles. The Morgan fingerprint density at radius 2 is 1.79 bits per heavy atom. The first-order valence-corrected chi connectivity index (χ1v) is 10.3. The summed E-state index contributed by atoms with van der Waals surface area (Å²) in [6, 6.07) is 16.6. The quantitative estimate of drug-likeness (QED) is 0.459. The van der Waals surface area contributed by atoms with Crippen LogP contribution in [0.4, 0.5) is 5.69 Å². The topological polar surface area (TPSA) is 25.2 Å². The Morgan fingerprint density at radius 3 is 2.50 bits per heavy atom. The van der Waals surface area contributed by atoms with Crippen LogP contribution in [0.15, 0.2) is 53.0 Å². The molecule has 0 aliphatic carbocycles. The number of hydrogen-bond acceptors (Lipinski definition) is 1. The number of anilines is 1. The zero-order valence-corrected chi connectivity index (χ0v) is 18.2. The molecular formula is C24H23BrN2O. The smallest absolute Gasteiger partial charge is 0.258 e. The highest BCUT2D eigenvalue weighted by Gasteiger charge is 2.31. The zero-order chi connectivity index (χ0) is 20.0. The number of carbonyl (C=O) groups is 1. The number of fused-ring (bicyclic) bond motifs is 1. The highest BCUT2D eigenvalue weighted by atomic mass is 79.9. The maximum atomic E-state index is 13.0. The van der Waals surface area contributed by atoms with Gasteiger partial charge in [0.25, 0.3) is 5.91 Å². The van der Waals surface area contributed by atoms with Crippen LogP contribution in [0.2, 0.25) is 0 Å². The van der Waals surface area contributed by atoms with Crippen molar-refractivity contribution in [3.8, 4) is 5.69 Å². The van der Waals surface area contributed by atoms with E-state index >= 15 is 0 Å². The van der Waals surface area contributed by atoms with E-state index in [-0.39, 0.29) is 5.91 Å². The number of likely N-dealkylation sites (N-methyl/N-ethyl adjacent to an activating group) is 1. The zero-order valence-electron chi connectivity index (χ0n) is 16.6. The summed E-state index contributed by atoms with van der Waals surface area (Å²) in [7, 11) is 0. The number of aryl methyl sites for hydroxylation is 2. The largest absolute Gasteiger partial charge is 0.318 e. The highest BCUT2D eigenvalue weighted by Crippen LogP contribution is 2.38. The predicted octanol–water partition coefficient (Wildman–Crippen LogP) is 6.07. The van der Waals surface area contributed by atoms with Crippen LogP contribution >= 0.6 is 15.9 Å². The van der Waals surface area contributed by atoms with Crippen molar-refractivity contribution in [2.75, 3.05) is 11.4 Å². The van der Waals surface area contributed by atoms with Gasteiger partial charge in [0.05, 0.1) is 5.69 Å². The molecule has 4 rings (SSSR count). The molecule has 2 aromatic carbocycles. The number of nitrogens with zero attached hydrogens (tertiary/aromatic N) is 2. The van der Waals surface area contributed by atoms with Gasteiger partial charge in [0.2, 0.25) is 0 Å². The van der Waals surface area contributed by atoms with E-state index in [9.17, 15) is 4.79 Å². The van der Waals surface area contributed by atoms with Crippen molar-refractivity contribution >= 4 is 39.2 Å². The number of amides is 1. The van der Waals surface area contributed by atoms with Gasteiger partial charge in [-0.3, -0.25) is 4.79 Å². The van der Waals surface area contributed by atoms with Crippen molar-refractivity contribution < 1.29 is 4.79 Å². The van der Waals surface area contributed by atoms with E-state index in [4.69, 9.17) is 0 Å². The van der Waals surface area contributed by atoms with Gasteiger partial charge >= 0.3 is 0 Å². The van der Waals surface area contributed by atoms with Crippen molar-refractivity contribution in [2.45, 2.75) is 27.7 Å². The summed E-state index contributed by atoms with van der Waals surface area (Å²) in [6.45, 7) is 9.00. The summed E-state index contributed by atoms with van der Waals surface area (Å²) in [5, 5.41) is 0. The third kappa shape index (κ3) is 2.92. The molecule has 142 valence electrons. The van der Waals surface area contributed by atoms with Crippen LogP contribution in [-0.4, -0.2) is 17.0 Å². The lowest BCUT2D eigenvalue weighted by molar-refractivity contribution is -0.112. The minimum atomic E-state index is 0.0768. The molecule has 0 bridgehead atoms. The summed E-state index contributed by atoms with van der Waals surface area (Å²) in [5.41, 5.74) is 8.47. The average Bonchev–Trinajstić information content (AvgIpc) is 3.11. The Morgan fingerprint density at radius 1 is 1.04 bits per heavy atom. The Hall–Kier alpha value is -2.59. The van der Waals surface area contributed by atoms with Crippen molar-refractivity contribution in [1.29, 1.82) is 0 Å². The second-order valence-electron chi connectivity index (χ2n) is 7.22. The van der Waals surface area contributed by atoms with E-state index in [1.54, 1.807) is 0 Å². The average molecular weight is 435 g/mol. The molecule has 0 fully saturated rings. The number of hydrogen-bond donors (Lipinski definition) is 0. The second kappa shape index (κ2) is 7.10. The summed E-state index contributed by atoms with van der Waals surface area (Å²) in [5.74, 6) is 0.0768. The van der Waals surface area contributed by atoms with Gasteiger partial charge in [0.15, 0.2) is 0 Å². The summed E-state index contributed by atoms with van der Waals surface area (Å²) in [4.78, 5) is 14.8. The Kier molecular flexibility index (Phi) is 4.76. The highest BCUT2D eigenvalue weighted by molar-refractivity contribution is 9.10. The van der Waals surface area contributed by atoms with Crippen LogP contribution < -0.4 is 4.90 Å². The fraction of sp³-hybridized carbons (Fsp3) is 0.208. The van der Waals surface area contributed by atoms with Crippen LogP contribution in [-0.2, 0) is 4.79 Å². The number of rotatable bonds is 3. The third-order valence-electron chi connectivity index (χ3n) is 5.45. The van der Waals surface area contributed by atoms with E-state index in [2.05, 4.69) is 65.5 Å². The van der Waals surface area contributed by atoms with Gasteiger partial charge in [-0.1, -0.05) is 34.1 Å². The lowest BCUT2D eigenvalue weighted by Crippen LogP contribution is -2.25. The third-order valence-corrected chi connectivity index (χ3v) is 6.34. The first kappa shape index (κ1) is 18.8. The maximum absolute atomic E-state index is 13.0. The van der Waals surface area contributed by atoms with Crippen LogP contribution in [0.3, 0.4) is 0 Å². The molecule has 3 aromatic rings. The van der Waals surface area contributed by atoms with Gasteiger partial charge in [-0.25, -0.2) is 0 Å². The number of benzene rings is 2. The first-order chi connectivity index (χ1) is 13.4. The van der Waals surface area contributed by atoms with Crippen molar-refractivity contribution in [3.63, 3.8) is 0 Å². The molecule has 4 heteroatoms. The molecule has 0 N–H and O–H groups in total. The number of aromatic nitrogens is 1. The molecule has 0 radical (unpaired) electrons. The summed E-state index contributed by atoms with van der Waals surface area (Å²) < 4.78 is 3.35. The van der Waals surface area contributed by atoms with Gasteiger partial charge in [0.1, 0.15) is 0 Å². The minimum absolute atomic E-state index is 0.0768. The van der Waals surface area contributed by atoms with Crippen LogP contribution in [0.1, 0.15) is 35.0 Å². The monoisotopic (exact) mass is 434 g/mol. The van der Waals surface area contributed by atoms with Crippen LogP contribution in [0.25, 0.3) is 17.3 Å². The molecule has 0 spiro atoms. The summed E-state index contributed by atoms with van der Waals surface area (Å²) >= 11 is 3.58.